The number of hydrogen-bond donors (Lipinski definition) is 1. The molecule has 0 spiro atoms. The van der Waals surface area contributed by atoms with Gasteiger partial charge in [-0.15, -0.1) is 0 Å². The van der Waals surface area contributed by atoms with E-state index >= 15 is 0 Å². The van der Waals surface area contributed by atoms with Crippen LogP contribution in [-0.4, -0.2) is 6.54 Å². The van der Waals surface area contributed by atoms with Crippen molar-refractivity contribution < 1.29 is 13.2 Å². The lowest BCUT2D eigenvalue weighted by Crippen LogP contribution is -2.03. The van der Waals surface area contributed by atoms with Crippen molar-refractivity contribution in [1.82, 2.24) is 0 Å². The first-order valence-corrected chi connectivity index (χ1v) is 4.52. The number of benzene rings is 1. The molecule has 15 heavy (non-hydrogen) atoms. The summed E-state index contributed by atoms with van der Waals surface area (Å²) in [7, 11) is 0. The summed E-state index contributed by atoms with van der Waals surface area (Å²) in [6, 6.07) is 1.44. The lowest BCUT2D eigenvalue weighted by atomic mass is 10.2. The average molecular weight is 215 g/mol. The van der Waals surface area contributed by atoms with Crippen molar-refractivity contribution in [2.24, 2.45) is 0 Å². The number of anilines is 1. The van der Waals surface area contributed by atoms with Gasteiger partial charge in [0.25, 0.3) is 0 Å². The third-order valence-corrected chi connectivity index (χ3v) is 1.80. The van der Waals surface area contributed by atoms with Crippen molar-refractivity contribution in [3.8, 4) is 0 Å². The van der Waals surface area contributed by atoms with Gasteiger partial charge in [-0.1, -0.05) is 11.6 Å². The molecule has 0 aliphatic rings. The summed E-state index contributed by atoms with van der Waals surface area (Å²) < 4.78 is 38.6. The quantitative estimate of drug-likeness (QED) is 0.601. The Bertz CT molecular complexity index is 382. The molecule has 1 nitrogen and oxygen atoms in total. The average Bonchev–Trinajstić information content (AvgIpc) is 2.12. The van der Waals surface area contributed by atoms with Crippen LogP contribution in [0.2, 0.25) is 0 Å². The van der Waals surface area contributed by atoms with Gasteiger partial charge in [0.05, 0.1) is 5.69 Å². The highest BCUT2D eigenvalue weighted by Gasteiger charge is 2.09. The highest BCUT2D eigenvalue weighted by Crippen LogP contribution is 2.18. The maximum absolute atomic E-state index is 13.1. The Hall–Kier alpha value is -1.45. The molecule has 0 aromatic heterocycles. The van der Waals surface area contributed by atoms with Gasteiger partial charge in [-0.05, 0) is 13.8 Å². The molecule has 0 amide bonds. The molecular formula is C11H12F3N. The Morgan fingerprint density at radius 3 is 2.53 bits per heavy atom. The van der Waals surface area contributed by atoms with Gasteiger partial charge in [-0.25, -0.2) is 13.2 Å². The summed E-state index contributed by atoms with van der Waals surface area (Å²) in [4.78, 5) is 0. The maximum Gasteiger partial charge on any atom is 0.182 e. The number of rotatable bonds is 3. The predicted octanol–water partition coefficient (Wildman–Crippen LogP) is 3.48. The number of allylic oxidation sites excluding steroid dienone is 1. The normalized spacial score (nSPS) is 9.93. The molecule has 0 radical (unpaired) electrons. The topological polar surface area (TPSA) is 12.0 Å². The molecule has 0 saturated carbocycles. The van der Waals surface area contributed by atoms with Crippen LogP contribution in [0.25, 0.3) is 0 Å². The largest absolute Gasteiger partial charge is 0.379 e. The summed E-state index contributed by atoms with van der Waals surface area (Å²) in [5, 5.41) is 2.59. The fourth-order valence-electron chi connectivity index (χ4n) is 1.05. The van der Waals surface area contributed by atoms with Crippen molar-refractivity contribution in [3.05, 3.63) is 41.2 Å². The molecule has 0 unspecified atom stereocenters. The Kier molecular flexibility index (Phi) is 3.77. The van der Waals surface area contributed by atoms with E-state index in [0.717, 1.165) is 11.6 Å². The van der Waals surface area contributed by atoms with E-state index in [4.69, 9.17) is 0 Å². The Labute approximate surface area is 86.6 Å². The minimum absolute atomic E-state index is 0.162. The second-order valence-corrected chi connectivity index (χ2v) is 3.41. The SMILES string of the molecule is CC(C)=CCNc1cc(F)cc(F)c1F. The van der Waals surface area contributed by atoms with Crippen LogP contribution in [0.5, 0.6) is 0 Å². The molecule has 4 heteroatoms. The van der Waals surface area contributed by atoms with Gasteiger partial charge in [-0.3, -0.25) is 0 Å². The number of nitrogens with one attached hydrogen (secondary N) is 1. The van der Waals surface area contributed by atoms with Crippen molar-refractivity contribution in [2.45, 2.75) is 13.8 Å². The van der Waals surface area contributed by atoms with Crippen LogP contribution >= 0.6 is 0 Å². The van der Waals surface area contributed by atoms with Gasteiger partial charge < -0.3 is 5.32 Å². The van der Waals surface area contributed by atoms with Gasteiger partial charge in [0, 0.05) is 18.7 Å². The zero-order valence-corrected chi connectivity index (χ0v) is 8.57. The van der Waals surface area contributed by atoms with E-state index in [1.54, 1.807) is 6.08 Å². The second kappa shape index (κ2) is 4.87. The minimum Gasteiger partial charge on any atom is -0.379 e. The molecule has 0 aliphatic heterocycles. The summed E-state index contributed by atoms with van der Waals surface area (Å²) in [5.41, 5.74) is 0.879. The standard InChI is InChI=1S/C11H12F3N/c1-7(2)3-4-15-10-6-8(12)5-9(13)11(10)14/h3,5-6,15H,4H2,1-2H3. The molecule has 0 fully saturated rings. The van der Waals surface area contributed by atoms with E-state index < -0.39 is 17.5 Å². The predicted molar refractivity (Wildman–Crippen MR) is 54.2 cm³/mol. The lowest BCUT2D eigenvalue weighted by molar-refractivity contribution is 0.497. The zero-order valence-electron chi connectivity index (χ0n) is 8.57. The smallest absolute Gasteiger partial charge is 0.182 e. The molecule has 0 saturated heterocycles. The van der Waals surface area contributed by atoms with Crippen LogP contribution in [0, 0.1) is 17.5 Å². The first-order valence-electron chi connectivity index (χ1n) is 4.52. The van der Waals surface area contributed by atoms with Crippen molar-refractivity contribution in [1.29, 1.82) is 0 Å². The zero-order chi connectivity index (χ0) is 11.4. The van der Waals surface area contributed by atoms with Crippen LogP contribution in [0.15, 0.2) is 23.8 Å². The van der Waals surface area contributed by atoms with E-state index in [2.05, 4.69) is 5.32 Å². The van der Waals surface area contributed by atoms with Crippen LogP contribution in [0.4, 0.5) is 18.9 Å². The van der Waals surface area contributed by atoms with Gasteiger partial charge in [0.2, 0.25) is 0 Å². The van der Waals surface area contributed by atoms with Gasteiger partial charge in [0.1, 0.15) is 5.82 Å². The van der Waals surface area contributed by atoms with Gasteiger partial charge >= 0.3 is 0 Å². The molecule has 82 valence electrons. The first kappa shape index (κ1) is 11.6. The molecule has 1 aromatic carbocycles. The van der Waals surface area contributed by atoms with Crippen molar-refractivity contribution >= 4 is 5.69 Å². The molecule has 1 rings (SSSR count). The first-order chi connectivity index (χ1) is 7.00. The summed E-state index contributed by atoms with van der Waals surface area (Å²) in [6.45, 7) is 4.09. The Morgan fingerprint density at radius 1 is 1.27 bits per heavy atom. The van der Waals surface area contributed by atoms with Crippen LogP contribution in [-0.2, 0) is 0 Å². The Balaban J connectivity index is 2.81. The third kappa shape index (κ3) is 3.31. The molecule has 1 N–H and O–H groups in total. The molecular weight excluding hydrogens is 203 g/mol. The molecule has 0 bridgehead atoms. The molecule has 0 heterocycles. The van der Waals surface area contributed by atoms with Gasteiger partial charge in [-0.2, -0.15) is 0 Å². The highest BCUT2D eigenvalue weighted by atomic mass is 19.2. The number of hydrogen-bond acceptors (Lipinski definition) is 1. The van der Waals surface area contributed by atoms with Crippen LogP contribution < -0.4 is 5.32 Å². The molecule has 0 aliphatic carbocycles. The third-order valence-electron chi connectivity index (χ3n) is 1.80. The minimum atomic E-state index is -1.19. The highest BCUT2D eigenvalue weighted by molar-refractivity contribution is 5.46. The summed E-state index contributed by atoms with van der Waals surface area (Å²) in [5.74, 6) is -3.04. The van der Waals surface area contributed by atoms with Gasteiger partial charge in [0.15, 0.2) is 11.6 Å². The monoisotopic (exact) mass is 215 g/mol. The fourth-order valence-corrected chi connectivity index (χ4v) is 1.05. The fraction of sp³-hybridized carbons (Fsp3) is 0.273. The second-order valence-electron chi connectivity index (χ2n) is 3.41. The summed E-state index contributed by atoms with van der Waals surface area (Å²) in [6.07, 6.45) is 1.79. The van der Waals surface area contributed by atoms with Crippen LogP contribution in [0.3, 0.4) is 0 Å². The Morgan fingerprint density at radius 2 is 1.93 bits per heavy atom. The van der Waals surface area contributed by atoms with E-state index in [-0.39, 0.29) is 5.69 Å². The van der Waals surface area contributed by atoms with E-state index in [9.17, 15) is 13.2 Å². The van der Waals surface area contributed by atoms with Crippen molar-refractivity contribution in [2.75, 3.05) is 11.9 Å². The summed E-state index contributed by atoms with van der Waals surface area (Å²) >= 11 is 0. The van der Waals surface area contributed by atoms with E-state index in [1.165, 1.54) is 0 Å². The van der Waals surface area contributed by atoms with E-state index in [0.29, 0.717) is 12.6 Å². The molecule has 1 aromatic rings. The number of halogens is 3. The van der Waals surface area contributed by atoms with E-state index in [1.807, 2.05) is 13.8 Å². The lowest BCUT2D eigenvalue weighted by Gasteiger charge is -2.06. The molecule has 0 atom stereocenters. The van der Waals surface area contributed by atoms with Crippen molar-refractivity contribution in [3.63, 3.8) is 0 Å². The van der Waals surface area contributed by atoms with Crippen LogP contribution in [0.1, 0.15) is 13.8 Å². The maximum atomic E-state index is 13.1.